The van der Waals surface area contributed by atoms with Gasteiger partial charge in [-0.3, -0.25) is 0 Å². The minimum Gasteiger partial charge on any atom is -0.122 e. The largest absolute Gasteiger partial charge is 0.122 e. The van der Waals surface area contributed by atoms with Gasteiger partial charge in [0.15, 0.2) is 0 Å². The lowest BCUT2D eigenvalue weighted by molar-refractivity contribution is 1.47. The van der Waals surface area contributed by atoms with Crippen LogP contribution in [-0.4, -0.2) is 0 Å². The Balaban J connectivity index is 3.29. The molecular weight excluding hydrogens is 473 g/mol. The lowest BCUT2D eigenvalue weighted by Crippen LogP contribution is -1.72. The van der Waals surface area contributed by atoms with E-state index in [1.54, 1.807) is 0 Å². The summed E-state index contributed by atoms with van der Waals surface area (Å²) < 4.78 is 4.25. The molecule has 0 aliphatic carbocycles. The highest BCUT2D eigenvalue weighted by Gasteiger charge is 2.06. The number of halogens is 3. The quantitative estimate of drug-likeness (QED) is 0.500. The first-order chi connectivity index (χ1) is 4.13. The average molecular weight is 476 g/mol. The molecule has 0 spiro atoms. The maximum Gasteiger partial charge on any atom is 0.0800 e. The molecule has 0 saturated heterocycles. The highest BCUT2D eigenvalue weighted by molar-refractivity contribution is 14.1. The lowest BCUT2D eigenvalue weighted by atomic mass is 10.4. The van der Waals surface area contributed by atoms with Crippen LogP contribution in [-0.2, 0) is 0 Å². The van der Waals surface area contributed by atoms with Gasteiger partial charge in [-0.05, 0) is 80.3 Å². The summed E-state index contributed by atoms with van der Waals surface area (Å²) in [4.78, 5) is 0. The topological polar surface area (TPSA) is 0 Å². The normalized spacial score (nSPS) is 10.2. The minimum atomic E-state index is 1.41. The first-order valence-corrected chi connectivity index (χ1v) is 6.28. The van der Waals surface area contributed by atoms with Gasteiger partial charge in [0.05, 0.1) is 5.77 Å². The first kappa shape index (κ1) is 8.98. The van der Waals surface area contributed by atoms with Crippen molar-refractivity contribution in [1.82, 2.24) is 0 Å². The Bertz CT molecular complexity index is 206. The summed E-state index contributed by atoms with van der Waals surface area (Å²) in [6.07, 6.45) is 0. The summed E-state index contributed by atoms with van der Waals surface area (Å²) in [5.74, 6) is 0. The molecule has 1 aromatic heterocycles. The van der Waals surface area contributed by atoms with Gasteiger partial charge in [0, 0.05) is 3.57 Å². The molecular formula is C5H3I3S. The summed E-state index contributed by atoms with van der Waals surface area (Å²) in [6.45, 7) is 2.17. The van der Waals surface area contributed by atoms with E-state index in [1.165, 1.54) is 14.9 Å². The van der Waals surface area contributed by atoms with Crippen molar-refractivity contribution >= 4 is 79.1 Å². The van der Waals surface area contributed by atoms with Crippen LogP contribution in [0.3, 0.4) is 0 Å². The molecule has 0 aromatic carbocycles. The van der Waals surface area contributed by atoms with E-state index in [-0.39, 0.29) is 0 Å². The standard InChI is InChI=1S/C5H3I3S/c1-2-3(6)5(8)9-4(2)7/h1H3. The van der Waals surface area contributed by atoms with Crippen LogP contribution in [0.15, 0.2) is 0 Å². The summed E-state index contributed by atoms with van der Waals surface area (Å²) in [5.41, 5.74) is 1.44. The van der Waals surface area contributed by atoms with Crippen LogP contribution in [0.5, 0.6) is 0 Å². The van der Waals surface area contributed by atoms with E-state index in [0.29, 0.717) is 0 Å². The second-order valence-corrected chi connectivity index (χ2v) is 7.31. The Kier molecular flexibility index (Phi) is 3.52. The van der Waals surface area contributed by atoms with Gasteiger partial charge in [-0.25, -0.2) is 0 Å². The smallest absolute Gasteiger partial charge is 0.0800 e. The van der Waals surface area contributed by atoms with Crippen LogP contribution >= 0.6 is 79.1 Å². The van der Waals surface area contributed by atoms with Crippen LogP contribution in [0.2, 0.25) is 0 Å². The molecule has 0 N–H and O–H groups in total. The third-order valence-corrected chi connectivity index (χ3v) is 7.26. The third-order valence-electron chi connectivity index (χ3n) is 0.976. The Labute approximate surface area is 99.2 Å². The van der Waals surface area contributed by atoms with Crippen LogP contribution in [0.25, 0.3) is 0 Å². The maximum absolute atomic E-state index is 2.39. The predicted octanol–water partition coefficient (Wildman–Crippen LogP) is 3.87. The van der Waals surface area contributed by atoms with E-state index in [0.717, 1.165) is 0 Å². The van der Waals surface area contributed by atoms with Crippen molar-refractivity contribution in [2.45, 2.75) is 6.92 Å². The molecule has 0 bridgehead atoms. The van der Waals surface area contributed by atoms with Crippen molar-refractivity contribution in [1.29, 1.82) is 0 Å². The van der Waals surface area contributed by atoms with Crippen molar-refractivity contribution in [3.8, 4) is 0 Å². The lowest BCUT2D eigenvalue weighted by Gasteiger charge is -1.84. The van der Waals surface area contributed by atoms with Crippen molar-refractivity contribution in [2.75, 3.05) is 0 Å². The zero-order valence-corrected chi connectivity index (χ0v) is 11.8. The van der Waals surface area contributed by atoms with E-state index in [4.69, 9.17) is 0 Å². The SMILES string of the molecule is Cc1c(I)sc(I)c1I. The second-order valence-electron chi connectivity index (χ2n) is 1.59. The van der Waals surface area contributed by atoms with Crippen molar-refractivity contribution in [2.24, 2.45) is 0 Å². The van der Waals surface area contributed by atoms with Crippen LogP contribution < -0.4 is 0 Å². The molecule has 4 heteroatoms. The predicted molar refractivity (Wildman–Crippen MR) is 67.2 cm³/mol. The van der Waals surface area contributed by atoms with Crippen molar-refractivity contribution in [3.05, 3.63) is 14.9 Å². The molecule has 0 nitrogen and oxygen atoms in total. The van der Waals surface area contributed by atoms with Gasteiger partial charge < -0.3 is 0 Å². The van der Waals surface area contributed by atoms with Crippen molar-refractivity contribution < 1.29 is 0 Å². The van der Waals surface area contributed by atoms with E-state index in [2.05, 4.69) is 74.7 Å². The summed E-state index contributed by atoms with van der Waals surface area (Å²) in [5, 5.41) is 0. The van der Waals surface area contributed by atoms with E-state index in [9.17, 15) is 0 Å². The van der Waals surface area contributed by atoms with Gasteiger partial charge in [0.1, 0.15) is 0 Å². The zero-order chi connectivity index (χ0) is 7.02. The number of hydrogen-bond acceptors (Lipinski definition) is 1. The monoisotopic (exact) mass is 476 g/mol. The molecule has 0 fully saturated rings. The Hall–Kier alpha value is 1.89. The van der Waals surface area contributed by atoms with Crippen LogP contribution in [0.4, 0.5) is 0 Å². The summed E-state index contributed by atoms with van der Waals surface area (Å²) in [6, 6.07) is 0. The maximum atomic E-state index is 2.39. The molecule has 0 aliphatic rings. The fraction of sp³-hybridized carbons (Fsp3) is 0.200. The number of hydrogen-bond donors (Lipinski definition) is 0. The molecule has 0 radical (unpaired) electrons. The third kappa shape index (κ3) is 1.92. The van der Waals surface area contributed by atoms with Crippen LogP contribution in [0.1, 0.15) is 5.56 Å². The van der Waals surface area contributed by atoms with E-state index >= 15 is 0 Å². The molecule has 1 heterocycles. The highest BCUT2D eigenvalue weighted by Crippen LogP contribution is 2.31. The van der Waals surface area contributed by atoms with Gasteiger partial charge in [0.2, 0.25) is 0 Å². The van der Waals surface area contributed by atoms with Gasteiger partial charge in [-0.15, -0.1) is 11.3 Å². The molecule has 9 heavy (non-hydrogen) atoms. The molecule has 0 unspecified atom stereocenters. The van der Waals surface area contributed by atoms with Gasteiger partial charge in [-0.2, -0.15) is 0 Å². The molecule has 1 aromatic rings. The summed E-state index contributed by atoms with van der Waals surface area (Å²) >= 11 is 9.01. The molecule has 0 saturated carbocycles. The van der Waals surface area contributed by atoms with E-state index < -0.39 is 0 Å². The van der Waals surface area contributed by atoms with E-state index in [1.807, 2.05) is 11.3 Å². The fourth-order valence-corrected chi connectivity index (χ4v) is 5.65. The fourth-order valence-electron chi connectivity index (χ4n) is 0.434. The number of thiophene rings is 1. The Morgan fingerprint density at radius 2 is 1.67 bits per heavy atom. The Morgan fingerprint density at radius 3 is 1.78 bits per heavy atom. The molecule has 0 atom stereocenters. The number of rotatable bonds is 0. The Morgan fingerprint density at radius 1 is 1.11 bits per heavy atom. The van der Waals surface area contributed by atoms with Gasteiger partial charge >= 0.3 is 0 Å². The van der Waals surface area contributed by atoms with Crippen LogP contribution in [0, 0.1) is 16.3 Å². The summed E-state index contributed by atoms with van der Waals surface area (Å²) in [7, 11) is 0. The highest BCUT2D eigenvalue weighted by atomic mass is 127. The molecule has 50 valence electrons. The van der Waals surface area contributed by atoms with Gasteiger partial charge in [-0.1, -0.05) is 0 Å². The van der Waals surface area contributed by atoms with Gasteiger partial charge in [0.25, 0.3) is 0 Å². The minimum absolute atomic E-state index is 1.41. The second kappa shape index (κ2) is 3.53. The zero-order valence-electron chi connectivity index (χ0n) is 4.54. The first-order valence-electron chi connectivity index (χ1n) is 2.23. The molecule has 0 amide bonds. The molecule has 1 rings (SSSR count). The molecule has 0 aliphatic heterocycles. The average Bonchev–Trinajstić information content (AvgIpc) is 1.98. The van der Waals surface area contributed by atoms with Crippen molar-refractivity contribution in [3.63, 3.8) is 0 Å².